The third-order valence-corrected chi connectivity index (χ3v) is 3.74. The highest BCUT2D eigenvalue weighted by atomic mass is 19.4. The summed E-state index contributed by atoms with van der Waals surface area (Å²) < 4.78 is 37.9. The first-order valence-electron chi connectivity index (χ1n) is 7.15. The largest absolute Gasteiger partial charge is 0.416 e. The maximum absolute atomic E-state index is 12.6. The molecule has 0 aliphatic carbocycles. The first-order valence-corrected chi connectivity index (χ1v) is 7.15. The van der Waals surface area contributed by atoms with Crippen molar-refractivity contribution in [3.05, 3.63) is 23.9 Å². The van der Waals surface area contributed by atoms with Crippen molar-refractivity contribution in [2.75, 3.05) is 25.5 Å². The lowest BCUT2D eigenvalue weighted by Crippen LogP contribution is -2.40. The number of carbonyl (C=O) groups is 1. The van der Waals surface area contributed by atoms with Gasteiger partial charge in [-0.15, -0.1) is 0 Å². The minimum absolute atomic E-state index is 0.0702. The number of hydrogen-bond donors (Lipinski definition) is 2. The predicted octanol–water partition coefficient (Wildman–Crippen LogP) is 2.71. The third-order valence-electron chi connectivity index (χ3n) is 3.74. The Kier molecular flexibility index (Phi) is 5.23. The molecule has 0 bridgehead atoms. The predicted molar refractivity (Wildman–Crippen MR) is 76.5 cm³/mol. The Hall–Kier alpha value is -1.83. The number of amides is 2. The number of nitrogens with one attached hydrogen (secondary N) is 2. The lowest BCUT2D eigenvalue weighted by Gasteiger charge is -2.27. The van der Waals surface area contributed by atoms with Crippen LogP contribution in [0.3, 0.4) is 0 Å². The molecular weight excluding hydrogens is 297 g/mol. The molecule has 1 unspecified atom stereocenters. The molecule has 1 aliphatic rings. The summed E-state index contributed by atoms with van der Waals surface area (Å²) in [5, 5.41) is 5.68. The zero-order valence-electron chi connectivity index (χ0n) is 12.3. The summed E-state index contributed by atoms with van der Waals surface area (Å²) in [6, 6.07) is 1.33. The van der Waals surface area contributed by atoms with Gasteiger partial charge in [-0.05, 0) is 44.5 Å². The molecule has 0 radical (unpaired) electrons. The average molecular weight is 316 g/mol. The summed E-state index contributed by atoms with van der Waals surface area (Å²) in [7, 11) is 1.65. The van der Waals surface area contributed by atoms with Gasteiger partial charge in [0.15, 0.2) is 0 Å². The molecule has 1 saturated heterocycles. The molecular formula is C14H19F3N4O. The van der Waals surface area contributed by atoms with Crippen molar-refractivity contribution in [2.45, 2.75) is 31.5 Å². The van der Waals surface area contributed by atoms with Crippen LogP contribution in [-0.4, -0.2) is 42.1 Å². The average Bonchev–Trinajstić information content (AvgIpc) is 2.75. The number of urea groups is 1. The Morgan fingerprint density at radius 2 is 2.18 bits per heavy atom. The SMILES string of the molecule is CN(C(=O)Nc1cc(C(F)(F)F)ccn1)C1CCCNCC1. The Balaban J connectivity index is 2.01. The van der Waals surface area contributed by atoms with Crippen molar-refractivity contribution < 1.29 is 18.0 Å². The summed E-state index contributed by atoms with van der Waals surface area (Å²) in [5.74, 6) is -0.0987. The van der Waals surface area contributed by atoms with Gasteiger partial charge in [-0.2, -0.15) is 13.2 Å². The van der Waals surface area contributed by atoms with E-state index in [1.807, 2.05) is 0 Å². The molecule has 2 heterocycles. The van der Waals surface area contributed by atoms with E-state index >= 15 is 0 Å². The lowest BCUT2D eigenvalue weighted by molar-refractivity contribution is -0.137. The van der Waals surface area contributed by atoms with Crippen molar-refractivity contribution >= 4 is 11.8 Å². The van der Waals surface area contributed by atoms with E-state index < -0.39 is 17.8 Å². The smallest absolute Gasteiger partial charge is 0.325 e. The van der Waals surface area contributed by atoms with Crippen LogP contribution < -0.4 is 10.6 Å². The topological polar surface area (TPSA) is 57.3 Å². The summed E-state index contributed by atoms with van der Waals surface area (Å²) in [5.41, 5.74) is -0.834. The molecule has 5 nitrogen and oxygen atoms in total. The molecule has 2 amide bonds. The normalized spacial score (nSPS) is 19.4. The molecule has 1 aliphatic heterocycles. The highest BCUT2D eigenvalue weighted by Gasteiger charge is 2.31. The lowest BCUT2D eigenvalue weighted by atomic mass is 10.1. The fourth-order valence-corrected chi connectivity index (χ4v) is 2.43. The summed E-state index contributed by atoms with van der Waals surface area (Å²) in [4.78, 5) is 17.5. The second-order valence-electron chi connectivity index (χ2n) is 5.30. The highest BCUT2D eigenvalue weighted by molar-refractivity contribution is 5.88. The second-order valence-corrected chi connectivity index (χ2v) is 5.30. The van der Waals surface area contributed by atoms with E-state index in [4.69, 9.17) is 0 Å². The molecule has 1 aromatic heterocycles. The van der Waals surface area contributed by atoms with E-state index in [0.717, 1.165) is 50.7 Å². The van der Waals surface area contributed by atoms with Gasteiger partial charge >= 0.3 is 12.2 Å². The number of hydrogen-bond acceptors (Lipinski definition) is 3. The van der Waals surface area contributed by atoms with E-state index in [9.17, 15) is 18.0 Å². The van der Waals surface area contributed by atoms with E-state index in [-0.39, 0.29) is 11.9 Å². The van der Waals surface area contributed by atoms with E-state index in [2.05, 4.69) is 15.6 Å². The number of halogens is 3. The number of anilines is 1. The van der Waals surface area contributed by atoms with Crippen LogP contribution in [0.25, 0.3) is 0 Å². The first-order chi connectivity index (χ1) is 10.4. The van der Waals surface area contributed by atoms with Crippen LogP contribution in [0, 0.1) is 0 Å². The number of pyridine rings is 1. The molecule has 1 fully saturated rings. The quantitative estimate of drug-likeness (QED) is 0.882. The molecule has 22 heavy (non-hydrogen) atoms. The van der Waals surface area contributed by atoms with Crippen molar-refractivity contribution in [1.29, 1.82) is 0 Å². The van der Waals surface area contributed by atoms with E-state index in [1.54, 1.807) is 7.05 Å². The molecule has 122 valence electrons. The molecule has 8 heteroatoms. The third kappa shape index (κ3) is 4.33. The molecule has 0 saturated carbocycles. The van der Waals surface area contributed by atoms with Gasteiger partial charge < -0.3 is 10.2 Å². The fourth-order valence-electron chi connectivity index (χ4n) is 2.43. The van der Waals surface area contributed by atoms with Gasteiger partial charge in [-0.1, -0.05) is 0 Å². The monoisotopic (exact) mass is 316 g/mol. The number of aromatic nitrogens is 1. The van der Waals surface area contributed by atoms with Gasteiger partial charge in [-0.25, -0.2) is 9.78 Å². The molecule has 1 aromatic rings. The maximum Gasteiger partial charge on any atom is 0.416 e. The Bertz CT molecular complexity index is 513. The van der Waals surface area contributed by atoms with Crippen LogP contribution in [0.2, 0.25) is 0 Å². The van der Waals surface area contributed by atoms with Crippen LogP contribution in [0.5, 0.6) is 0 Å². The zero-order chi connectivity index (χ0) is 16.2. The molecule has 2 N–H and O–H groups in total. The molecule has 1 atom stereocenters. The Morgan fingerprint density at radius 1 is 1.41 bits per heavy atom. The zero-order valence-corrected chi connectivity index (χ0v) is 12.3. The minimum atomic E-state index is -4.46. The highest BCUT2D eigenvalue weighted by Crippen LogP contribution is 2.30. The van der Waals surface area contributed by atoms with Gasteiger partial charge in [0, 0.05) is 19.3 Å². The van der Waals surface area contributed by atoms with Crippen LogP contribution in [0.4, 0.5) is 23.8 Å². The van der Waals surface area contributed by atoms with Crippen LogP contribution in [0.15, 0.2) is 18.3 Å². The van der Waals surface area contributed by atoms with Gasteiger partial charge in [0.2, 0.25) is 0 Å². The van der Waals surface area contributed by atoms with Crippen molar-refractivity contribution in [1.82, 2.24) is 15.2 Å². The summed E-state index contributed by atoms with van der Waals surface area (Å²) >= 11 is 0. The molecule has 2 rings (SSSR count). The molecule has 0 spiro atoms. The van der Waals surface area contributed by atoms with Crippen molar-refractivity contribution in [3.8, 4) is 0 Å². The number of carbonyl (C=O) groups excluding carboxylic acids is 1. The van der Waals surface area contributed by atoms with E-state index in [0.29, 0.717) is 0 Å². The van der Waals surface area contributed by atoms with Gasteiger partial charge in [0.05, 0.1) is 5.56 Å². The Labute approximate surface area is 126 Å². The van der Waals surface area contributed by atoms with Crippen molar-refractivity contribution in [3.63, 3.8) is 0 Å². The summed E-state index contributed by atoms with van der Waals surface area (Å²) in [6.45, 7) is 1.74. The second kappa shape index (κ2) is 6.95. The summed E-state index contributed by atoms with van der Waals surface area (Å²) in [6.07, 6.45) is -0.772. The standard InChI is InChI=1S/C14H19F3N4O/c1-21(11-3-2-6-18-7-5-11)13(22)20-12-9-10(4-8-19-12)14(15,16)17/h4,8-9,11,18H,2-3,5-7H2,1H3,(H,19,20,22). The van der Waals surface area contributed by atoms with Crippen molar-refractivity contribution in [2.24, 2.45) is 0 Å². The molecule has 0 aromatic carbocycles. The maximum atomic E-state index is 12.6. The minimum Gasteiger partial charge on any atom is -0.325 e. The number of alkyl halides is 3. The fraction of sp³-hybridized carbons (Fsp3) is 0.571. The van der Waals surface area contributed by atoms with E-state index in [1.165, 1.54) is 4.90 Å². The van der Waals surface area contributed by atoms with Gasteiger partial charge in [0.25, 0.3) is 0 Å². The number of rotatable bonds is 2. The van der Waals surface area contributed by atoms with Crippen LogP contribution >= 0.6 is 0 Å². The Morgan fingerprint density at radius 3 is 2.91 bits per heavy atom. The van der Waals surface area contributed by atoms with Gasteiger partial charge in [0.1, 0.15) is 5.82 Å². The first kappa shape index (κ1) is 16.5. The van der Waals surface area contributed by atoms with Gasteiger partial charge in [-0.3, -0.25) is 5.32 Å². The van der Waals surface area contributed by atoms with Crippen LogP contribution in [0.1, 0.15) is 24.8 Å². The number of nitrogens with zero attached hydrogens (tertiary/aromatic N) is 2. The van der Waals surface area contributed by atoms with Crippen LogP contribution in [-0.2, 0) is 6.18 Å².